The van der Waals surface area contributed by atoms with Gasteiger partial charge in [-0.3, -0.25) is 0 Å². The van der Waals surface area contributed by atoms with Crippen LogP contribution in [-0.4, -0.2) is 5.96 Å². The van der Waals surface area contributed by atoms with Crippen LogP contribution in [0.1, 0.15) is 54.7 Å². The minimum absolute atomic E-state index is 0.486. The maximum absolute atomic E-state index is 6.50. The third kappa shape index (κ3) is 2.90. The Morgan fingerprint density at radius 3 is 2.28 bits per heavy atom. The van der Waals surface area contributed by atoms with Gasteiger partial charge in [0, 0.05) is 11.1 Å². The van der Waals surface area contributed by atoms with E-state index >= 15 is 0 Å². The molecule has 0 aromatic heterocycles. The Morgan fingerprint density at radius 1 is 0.781 bits per heavy atom. The molecule has 0 amide bonds. The van der Waals surface area contributed by atoms with Crippen molar-refractivity contribution < 1.29 is 0 Å². The first-order chi connectivity index (χ1) is 15.7. The Bertz CT molecular complexity index is 1200. The number of hydrogen-bond donors (Lipinski definition) is 2. The monoisotopic (exact) mass is 421 g/mol. The fourth-order valence-corrected chi connectivity index (χ4v) is 7.96. The first-order valence-corrected chi connectivity index (χ1v) is 12.5. The maximum atomic E-state index is 6.50. The van der Waals surface area contributed by atoms with Gasteiger partial charge >= 0.3 is 0 Å². The predicted octanol–water partition coefficient (Wildman–Crippen LogP) is 6.54. The summed E-state index contributed by atoms with van der Waals surface area (Å²) in [5, 5.41) is 6.09. The van der Waals surface area contributed by atoms with Crippen LogP contribution in [0.4, 0.5) is 11.4 Å². The van der Waals surface area contributed by atoms with Crippen LogP contribution >= 0.6 is 0 Å². The molecule has 5 aliphatic rings. The van der Waals surface area contributed by atoms with Crippen LogP contribution in [0.25, 0.3) is 10.8 Å². The molecule has 0 atom stereocenters. The number of hydrogen-bond acceptors (Lipinski definition) is 1. The van der Waals surface area contributed by atoms with E-state index in [1.54, 1.807) is 0 Å². The molecule has 0 radical (unpaired) electrons. The molecule has 0 saturated heterocycles. The van der Waals surface area contributed by atoms with Crippen molar-refractivity contribution in [1.82, 2.24) is 0 Å². The molecule has 3 aromatic carbocycles. The Kier molecular flexibility index (Phi) is 4.15. The van der Waals surface area contributed by atoms with Gasteiger partial charge in [0.2, 0.25) is 0 Å². The number of guanidine groups is 1. The highest BCUT2D eigenvalue weighted by Gasteiger charge is 2.49. The van der Waals surface area contributed by atoms with Crippen molar-refractivity contribution in [2.75, 3.05) is 5.32 Å². The van der Waals surface area contributed by atoms with Gasteiger partial charge in [-0.2, -0.15) is 0 Å². The number of nitrogens with zero attached hydrogens (tertiary/aromatic N) is 1. The number of rotatable bonds is 3. The van der Waals surface area contributed by atoms with Gasteiger partial charge in [0.1, 0.15) is 0 Å². The number of nitrogens with two attached hydrogens (primary N) is 1. The largest absolute Gasteiger partial charge is 0.369 e. The molecule has 4 fully saturated rings. The molecule has 0 spiro atoms. The van der Waals surface area contributed by atoms with Crippen molar-refractivity contribution in [3.63, 3.8) is 0 Å². The van der Waals surface area contributed by atoms with E-state index in [-0.39, 0.29) is 0 Å². The van der Waals surface area contributed by atoms with Gasteiger partial charge in [-0.15, -0.1) is 0 Å². The van der Waals surface area contributed by atoms with Gasteiger partial charge in [0.25, 0.3) is 0 Å². The highest BCUT2D eigenvalue weighted by atomic mass is 15.1. The number of aliphatic imine (C=N–C) groups is 1. The van der Waals surface area contributed by atoms with Crippen molar-refractivity contribution >= 4 is 28.1 Å². The molecule has 4 saturated carbocycles. The Morgan fingerprint density at radius 2 is 1.50 bits per heavy atom. The highest BCUT2D eigenvalue weighted by molar-refractivity contribution is 6.06. The number of para-hydroxylation sites is 1. The van der Waals surface area contributed by atoms with Crippen molar-refractivity contribution in [3.05, 3.63) is 71.3 Å². The van der Waals surface area contributed by atoms with E-state index in [1.807, 2.05) is 0 Å². The van der Waals surface area contributed by atoms with Gasteiger partial charge in [-0.25, -0.2) is 4.99 Å². The third-order valence-corrected chi connectivity index (χ3v) is 8.90. The van der Waals surface area contributed by atoms with Crippen LogP contribution in [0.15, 0.2) is 59.6 Å². The normalized spacial score (nSPS) is 30.2. The molecule has 0 aliphatic heterocycles. The Hall–Kier alpha value is -2.81. The summed E-state index contributed by atoms with van der Waals surface area (Å²) in [6.45, 7) is 0. The van der Waals surface area contributed by atoms with Crippen LogP contribution in [0.2, 0.25) is 0 Å². The minimum Gasteiger partial charge on any atom is -0.369 e. The van der Waals surface area contributed by atoms with Crippen molar-refractivity contribution in [1.29, 1.82) is 0 Å². The summed E-state index contributed by atoms with van der Waals surface area (Å²) in [7, 11) is 0. The summed E-state index contributed by atoms with van der Waals surface area (Å²) in [5.74, 6) is 4.80. The van der Waals surface area contributed by atoms with Gasteiger partial charge < -0.3 is 11.1 Å². The van der Waals surface area contributed by atoms with E-state index in [1.165, 1.54) is 59.6 Å². The number of aryl methyl sites for hydroxylation is 2. The number of nitrogens with one attached hydrogen (secondary N) is 1. The van der Waals surface area contributed by atoms with Crippen LogP contribution in [0, 0.1) is 23.7 Å². The summed E-state index contributed by atoms with van der Waals surface area (Å²) >= 11 is 0. The smallest absolute Gasteiger partial charge is 0.198 e. The summed E-state index contributed by atoms with van der Waals surface area (Å²) in [5.41, 5.74) is 12.9. The zero-order valence-electron chi connectivity index (χ0n) is 18.6. The highest BCUT2D eigenvalue weighted by Crippen LogP contribution is 2.60. The van der Waals surface area contributed by atoms with Crippen LogP contribution in [0.5, 0.6) is 0 Å². The second-order valence-electron chi connectivity index (χ2n) is 10.7. The fourth-order valence-electron chi connectivity index (χ4n) is 7.96. The lowest BCUT2D eigenvalue weighted by molar-refractivity contribution is -0.00259. The Balaban J connectivity index is 1.22. The number of benzene rings is 3. The summed E-state index contributed by atoms with van der Waals surface area (Å²) in [6.07, 6.45) is 9.45. The third-order valence-electron chi connectivity index (χ3n) is 8.90. The summed E-state index contributed by atoms with van der Waals surface area (Å²) < 4.78 is 0. The number of anilines is 1. The molecule has 162 valence electrons. The lowest BCUT2D eigenvalue weighted by Crippen LogP contribution is -2.43. The molecule has 8 rings (SSSR count). The van der Waals surface area contributed by atoms with Crippen molar-refractivity contribution in [2.45, 2.75) is 50.9 Å². The first kappa shape index (κ1) is 18.7. The van der Waals surface area contributed by atoms with Gasteiger partial charge in [-0.1, -0.05) is 42.5 Å². The summed E-state index contributed by atoms with van der Waals surface area (Å²) in [4.78, 5) is 4.94. The molecule has 4 bridgehead atoms. The average Bonchev–Trinajstić information content (AvgIpc) is 3.21. The lowest BCUT2D eigenvalue weighted by atomic mass is 9.50. The zero-order valence-corrected chi connectivity index (χ0v) is 18.6. The van der Waals surface area contributed by atoms with Crippen molar-refractivity contribution in [3.8, 4) is 0 Å². The minimum atomic E-state index is 0.486. The molecule has 3 heteroatoms. The predicted molar refractivity (Wildman–Crippen MR) is 132 cm³/mol. The van der Waals surface area contributed by atoms with E-state index in [0.717, 1.165) is 47.9 Å². The standard InChI is InChI=1S/C29H31N3/c30-29(32-26-11-10-20-9-8-19-4-3-6-24(26)27(19)20)31-25-7-2-1-5-23(25)28-21-13-17-12-18(15-21)16-22(28)14-17/h1-7,10-11,17-18,21-22,28H,8-9,12-16H2,(H3,30,31,32). The summed E-state index contributed by atoms with van der Waals surface area (Å²) in [6, 6.07) is 19.8. The second-order valence-corrected chi connectivity index (χ2v) is 10.7. The fraction of sp³-hybridized carbons (Fsp3) is 0.414. The molecule has 3 aromatic rings. The molecular weight excluding hydrogens is 390 g/mol. The molecule has 5 aliphatic carbocycles. The Labute approximate surface area is 190 Å². The van der Waals surface area contributed by atoms with Crippen molar-refractivity contribution in [2.24, 2.45) is 34.4 Å². The first-order valence-electron chi connectivity index (χ1n) is 12.5. The molecule has 32 heavy (non-hydrogen) atoms. The van der Waals surface area contributed by atoms with E-state index in [2.05, 4.69) is 59.9 Å². The van der Waals surface area contributed by atoms with Crippen LogP contribution in [-0.2, 0) is 12.8 Å². The average molecular weight is 422 g/mol. The molecule has 3 N–H and O–H groups in total. The van der Waals surface area contributed by atoms with E-state index < -0.39 is 0 Å². The zero-order chi connectivity index (χ0) is 21.2. The maximum Gasteiger partial charge on any atom is 0.198 e. The topological polar surface area (TPSA) is 50.4 Å². The van der Waals surface area contributed by atoms with E-state index in [0.29, 0.717) is 11.9 Å². The van der Waals surface area contributed by atoms with Crippen LogP contribution in [0.3, 0.4) is 0 Å². The van der Waals surface area contributed by atoms with Gasteiger partial charge in [0.05, 0.1) is 5.69 Å². The lowest BCUT2D eigenvalue weighted by Gasteiger charge is -2.54. The SMILES string of the molecule is NC(=Nc1ccccc1C1C2CC3CC(C2)CC1C3)Nc1ccc2c3c(cccc13)CC2. The molecule has 3 nitrogen and oxygen atoms in total. The second kappa shape index (κ2) is 7.10. The van der Waals surface area contributed by atoms with Gasteiger partial charge in [0.15, 0.2) is 5.96 Å². The molecule has 0 unspecified atom stereocenters. The van der Waals surface area contributed by atoms with Crippen LogP contribution < -0.4 is 11.1 Å². The molecule has 0 heterocycles. The van der Waals surface area contributed by atoms with E-state index in [4.69, 9.17) is 10.7 Å². The quantitative estimate of drug-likeness (QED) is 0.373. The molecular formula is C29H31N3. The van der Waals surface area contributed by atoms with E-state index in [9.17, 15) is 0 Å². The van der Waals surface area contributed by atoms with Gasteiger partial charge in [-0.05, 0) is 109 Å².